The number of ether oxygens (including phenoxy) is 1. The topological polar surface area (TPSA) is 71.5 Å². The van der Waals surface area contributed by atoms with E-state index in [4.69, 9.17) is 4.74 Å². The fraction of sp³-hybridized carbons (Fsp3) is 0.421. The first-order valence-electron chi connectivity index (χ1n) is 8.94. The Morgan fingerprint density at radius 2 is 1.92 bits per heavy atom. The van der Waals surface area contributed by atoms with Crippen molar-refractivity contribution in [1.29, 1.82) is 0 Å². The second kappa shape index (κ2) is 6.98. The Labute approximate surface area is 154 Å². The molecule has 2 fully saturated rings. The zero-order chi connectivity index (χ0) is 18.0. The van der Waals surface area contributed by atoms with Gasteiger partial charge in [0.25, 0.3) is 0 Å². The van der Waals surface area contributed by atoms with E-state index < -0.39 is 10.0 Å². The smallest absolute Gasteiger partial charge is 0.243 e. The van der Waals surface area contributed by atoms with Crippen LogP contribution in [0, 0.1) is 5.92 Å². The van der Waals surface area contributed by atoms with Gasteiger partial charge in [-0.3, -0.25) is 0 Å². The van der Waals surface area contributed by atoms with E-state index in [1.807, 2.05) is 24.3 Å². The summed E-state index contributed by atoms with van der Waals surface area (Å²) in [5, 5.41) is 3.33. The summed E-state index contributed by atoms with van der Waals surface area (Å²) < 4.78 is 33.0. The molecule has 0 radical (unpaired) electrons. The highest BCUT2D eigenvalue weighted by molar-refractivity contribution is 7.89. The van der Waals surface area contributed by atoms with Crippen molar-refractivity contribution in [2.24, 2.45) is 5.92 Å². The van der Waals surface area contributed by atoms with Crippen LogP contribution in [0.2, 0.25) is 0 Å². The molecule has 1 N–H and O–H groups in total. The van der Waals surface area contributed by atoms with Gasteiger partial charge in [0.1, 0.15) is 5.82 Å². The number of hydrogen-bond acceptors (Lipinski definition) is 5. The van der Waals surface area contributed by atoms with Gasteiger partial charge in [-0.05, 0) is 43.0 Å². The van der Waals surface area contributed by atoms with Gasteiger partial charge in [-0.2, -0.15) is 4.31 Å². The van der Waals surface area contributed by atoms with Crippen LogP contribution in [0.3, 0.4) is 0 Å². The second-order valence-corrected chi connectivity index (χ2v) is 8.85. The molecular formula is C19H23N3O3S. The van der Waals surface area contributed by atoms with Gasteiger partial charge in [0, 0.05) is 32.4 Å². The highest BCUT2D eigenvalue weighted by Crippen LogP contribution is 2.43. The molecule has 1 aromatic heterocycles. The summed E-state index contributed by atoms with van der Waals surface area (Å²) in [4.78, 5) is 4.61. The van der Waals surface area contributed by atoms with Crippen molar-refractivity contribution >= 4 is 15.8 Å². The Morgan fingerprint density at radius 3 is 2.65 bits per heavy atom. The molecule has 1 spiro atoms. The number of anilines is 1. The van der Waals surface area contributed by atoms with E-state index in [-0.39, 0.29) is 5.60 Å². The molecular weight excluding hydrogens is 350 g/mol. The molecule has 0 aliphatic carbocycles. The maximum atomic E-state index is 12.7. The van der Waals surface area contributed by atoms with Crippen LogP contribution in [0.4, 0.5) is 5.82 Å². The molecule has 0 bridgehead atoms. The summed E-state index contributed by atoms with van der Waals surface area (Å²) in [5.41, 5.74) is -0.326. The van der Waals surface area contributed by atoms with Crippen molar-refractivity contribution in [3.63, 3.8) is 0 Å². The monoisotopic (exact) mass is 373 g/mol. The summed E-state index contributed by atoms with van der Waals surface area (Å²) in [7, 11) is -3.42. The van der Waals surface area contributed by atoms with Crippen LogP contribution >= 0.6 is 0 Å². The Hall–Kier alpha value is -1.96. The van der Waals surface area contributed by atoms with Gasteiger partial charge in [-0.15, -0.1) is 0 Å². The lowest BCUT2D eigenvalue weighted by Gasteiger charge is -2.49. The normalized spacial score (nSPS) is 22.2. The third-order valence-corrected chi connectivity index (χ3v) is 7.14. The first kappa shape index (κ1) is 17.5. The average Bonchev–Trinajstić information content (AvgIpc) is 3.06. The number of aromatic nitrogens is 1. The lowest BCUT2D eigenvalue weighted by molar-refractivity contribution is -0.102. The summed E-state index contributed by atoms with van der Waals surface area (Å²) in [6.07, 6.45) is 3.68. The minimum atomic E-state index is -3.42. The van der Waals surface area contributed by atoms with E-state index in [0.717, 1.165) is 25.2 Å². The zero-order valence-corrected chi connectivity index (χ0v) is 15.4. The lowest BCUT2D eigenvalue weighted by Crippen LogP contribution is -2.66. The highest BCUT2D eigenvalue weighted by atomic mass is 32.2. The predicted molar refractivity (Wildman–Crippen MR) is 99.3 cm³/mol. The predicted octanol–water partition coefficient (Wildman–Crippen LogP) is 2.36. The molecule has 2 aromatic rings. The molecule has 2 aliphatic heterocycles. The van der Waals surface area contributed by atoms with E-state index in [9.17, 15) is 8.42 Å². The number of rotatable bonds is 6. The first-order chi connectivity index (χ1) is 12.6. The maximum Gasteiger partial charge on any atom is 0.243 e. The molecule has 0 saturated carbocycles. The fourth-order valence-electron chi connectivity index (χ4n) is 3.85. The lowest BCUT2D eigenvalue weighted by atomic mass is 9.80. The molecule has 0 amide bonds. The van der Waals surface area contributed by atoms with Gasteiger partial charge in [-0.25, -0.2) is 13.4 Å². The Morgan fingerprint density at radius 1 is 1.15 bits per heavy atom. The molecule has 138 valence electrons. The Bertz CT molecular complexity index is 837. The fourth-order valence-corrected chi connectivity index (χ4v) is 5.42. The SMILES string of the molecule is O=S(=O)(c1ccccc1)N1CC2(C1)OCC[C@@H]2CCNc1ccccn1. The van der Waals surface area contributed by atoms with Crippen molar-refractivity contribution in [2.75, 3.05) is 31.6 Å². The quantitative estimate of drug-likeness (QED) is 0.842. The molecule has 26 heavy (non-hydrogen) atoms. The van der Waals surface area contributed by atoms with Gasteiger partial charge in [0.2, 0.25) is 10.0 Å². The van der Waals surface area contributed by atoms with Crippen LogP contribution in [0.15, 0.2) is 59.6 Å². The largest absolute Gasteiger partial charge is 0.372 e. The summed E-state index contributed by atoms with van der Waals surface area (Å²) in [6.45, 7) is 2.39. The van der Waals surface area contributed by atoms with Gasteiger partial charge < -0.3 is 10.1 Å². The van der Waals surface area contributed by atoms with Crippen LogP contribution in [0.5, 0.6) is 0 Å². The molecule has 0 unspecified atom stereocenters. The molecule has 2 saturated heterocycles. The van der Waals surface area contributed by atoms with Crippen molar-refractivity contribution in [1.82, 2.24) is 9.29 Å². The molecule has 3 heterocycles. The molecule has 6 nitrogen and oxygen atoms in total. The van der Waals surface area contributed by atoms with Crippen LogP contribution in [0.25, 0.3) is 0 Å². The minimum absolute atomic E-state index is 0.326. The van der Waals surface area contributed by atoms with E-state index in [0.29, 0.717) is 30.5 Å². The molecule has 2 aliphatic rings. The molecule has 7 heteroatoms. The third-order valence-electron chi connectivity index (χ3n) is 5.33. The number of nitrogens with one attached hydrogen (secondary N) is 1. The Kier molecular flexibility index (Phi) is 4.69. The van der Waals surface area contributed by atoms with Gasteiger partial charge in [0.15, 0.2) is 0 Å². The van der Waals surface area contributed by atoms with Gasteiger partial charge in [-0.1, -0.05) is 24.3 Å². The van der Waals surface area contributed by atoms with Crippen molar-refractivity contribution in [3.05, 3.63) is 54.7 Å². The summed E-state index contributed by atoms with van der Waals surface area (Å²) >= 11 is 0. The van der Waals surface area contributed by atoms with E-state index >= 15 is 0 Å². The van der Waals surface area contributed by atoms with Gasteiger partial charge >= 0.3 is 0 Å². The number of pyridine rings is 1. The van der Waals surface area contributed by atoms with Crippen LogP contribution in [-0.2, 0) is 14.8 Å². The number of nitrogens with zero attached hydrogens (tertiary/aromatic N) is 2. The Balaban J connectivity index is 1.36. The average molecular weight is 373 g/mol. The van der Waals surface area contributed by atoms with E-state index in [2.05, 4.69) is 10.3 Å². The zero-order valence-electron chi connectivity index (χ0n) is 14.5. The summed E-state index contributed by atoms with van der Waals surface area (Å²) in [5.74, 6) is 1.23. The molecule has 1 atom stereocenters. The number of benzene rings is 1. The molecule has 1 aromatic carbocycles. The number of hydrogen-bond donors (Lipinski definition) is 1. The maximum absolute atomic E-state index is 12.7. The molecule has 4 rings (SSSR count). The van der Waals surface area contributed by atoms with Crippen molar-refractivity contribution in [2.45, 2.75) is 23.3 Å². The van der Waals surface area contributed by atoms with Crippen LogP contribution < -0.4 is 5.32 Å². The van der Waals surface area contributed by atoms with Gasteiger partial charge in [0.05, 0.1) is 10.5 Å². The van der Waals surface area contributed by atoms with Crippen molar-refractivity contribution < 1.29 is 13.2 Å². The second-order valence-electron chi connectivity index (χ2n) is 6.92. The van der Waals surface area contributed by atoms with Crippen LogP contribution in [-0.4, -0.2) is 49.5 Å². The standard InChI is InChI=1S/C19H23N3O3S/c23-26(24,17-6-2-1-3-7-17)22-14-19(15-22)16(10-13-25-19)9-12-21-18-8-4-5-11-20-18/h1-8,11,16H,9-10,12-15H2,(H,20,21)/t16-/m0/s1. The first-order valence-corrected chi connectivity index (χ1v) is 10.4. The minimum Gasteiger partial charge on any atom is -0.372 e. The van der Waals surface area contributed by atoms with E-state index in [1.165, 1.54) is 4.31 Å². The number of sulfonamides is 1. The van der Waals surface area contributed by atoms with Crippen LogP contribution in [0.1, 0.15) is 12.8 Å². The third kappa shape index (κ3) is 3.22. The summed E-state index contributed by atoms with van der Waals surface area (Å²) in [6, 6.07) is 14.4. The van der Waals surface area contributed by atoms with E-state index in [1.54, 1.807) is 30.5 Å². The highest BCUT2D eigenvalue weighted by Gasteiger charge is 2.56. The van der Waals surface area contributed by atoms with Crippen molar-refractivity contribution in [3.8, 4) is 0 Å².